The zero-order valence-electron chi connectivity index (χ0n) is 14.8. The van der Waals surface area contributed by atoms with E-state index in [1.807, 2.05) is 0 Å². The van der Waals surface area contributed by atoms with Gasteiger partial charge in [-0.05, 0) is 51.6 Å². The van der Waals surface area contributed by atoms with Crippen molar-refractivity contribution in [3.05, 3.63) is 75.3 Å². The molecule has 144 valence electrons. The first-order valence-electron chi connectivity index (χ1n) is 8.39. The molecule has 6 nitrogen and oxygen atoms in total. The number of aromatic hydroxyl groups is 4. The largest absolute Gasteiger partial charge is 0.508 e. The van der Waals surface area contributed by atoms with Gasteiger partial charge in [0.25, 0.3) is 0 Å². The molecule has 6 N–H and O–H groups in total. The third kappa shape index (κ3) is 3.80. The molecule has 0 fully saturated rings. The molecule has 8 heteroatoms. The normalized spacial score (nSPS) is 12.0. The quantitative estimate of drug-likeness (QED) is 0.271. The lowest BCUT2D eigenvalue weighted by Crippen LogP contribution is -2.29. The van der Waals surface area contributed by atoms with Crippen LogP contribution in [-0.2, 0) is 0 Å². The lowest BCUT2D eigenvalue weighted by Gasteiger charge is -2.22. The minimum Gasteiger partial charge on any atom is -0.508 e. The minimum atomic E-state index is -1.62. The van der Waals surface area contributed by atoms with Crippen LogP contribution in [0, 0.1) is 6.92 Å². The Kier molecular flexibility index (Phi) is 5.55. The van der Waals surface area contributed by atoms with Crippen LogP contribution in [0.4, 0.5) is 0 Å². The molecule has 0 radical (unpaired) electrons. The first-order chi connectivity index (χ1) is 13.2. The van der Waals surface area contributed by atoms with Gasteiger partial charge in [0.1, 0.15) is 23.0 Å². The Bertz CT molecular complexity index is 963. The van der Waals surface area contributed by atoms with Crippen LogP contribution in [0.5, 0.6) is 23.0 Å². The Balaban J connectivity index is 2.26. The first-order valence-corrected chi connectivity index (χ1v) is 9.18. The van der Waals surface area contributed by atoms with Crippen molar-refractivity contribution in [3.63, 3.8) is 0 Å². The molecule has 3 rings (SSSR count). The van der Waals surface area contributed by atoms with E-state index in [1.165, 1.54) is 24.3 Å². The van der Waals surface area contributed by atoms with E-state index in [0.29, 0.717) is 32.2 Å². The van der Waals surface area contributed by atoms with Crippen molar-refractivity contribution in [3.8, 4) is 23.0 Å². The fraction of sp³-hybridized carbons (Fsp3) is 0.100. The molecular weight excluding hydrogens is 427 g/mol. The molecule has 3 aromatic carbocycles. The molecule has 1 unspecified atom stereocenters. The zero-order chi connectivity index (χ0) is 20.6. The van der Waals surface area contributed by atoms with E-state index in [0.717, 1.165) is 0 Å². The number of halogens is 1. The lowest BCUT2D eigenvalue weighted by atomic mass is 9.77. The lowest BCUT2D eigenvalue weighted by molar-refractivity contribution is 0.425. The molecule has 0 heterocycles. The Morgan fingerprint density at radius 2 is 1.29 bits per heavy atom. The van der Waals surface area contributed by atoms with Crippen LogP contribution >= 0.6 is 15.9 Å². The molecule has 0 amide bonds. The Morgan fingerprint density at radius 1 is 0.750 bits per heavy atom. The average Bonchev–Trinajstić information content (AvgIpc) is 2.64. The molecule has 0 saturated carbocycles. The fourth-order valence-electron chi connectivity index (χ4n) is 3.12. The number of benzene rings is 3. The highest BCUT2D eigenvalue weighted by Gasteiger charge is 2.25. The summed E-state index contributed by atoms with van der Waals surface area (Å²) in [4.78, 5) is 0. The smallest absolute Gasteiger partial charge is 0.488 e. The molecule has 1 atom stereocenters. The van der Waals surface area contributed by atoms with Gasteiger partial charge in [-0.25, -0.2) is 0 Å². The van der Waals surface area contributed by atoms with Gasteiger partial charge in [-0.2, -0.15) is 0 Å². The summed E-state index contributed by atoms with van der Waals surface area (Å²) in [7, 11) is -1.62. The van der Waals surface area contributed by atoms with Crippen LogP contribution in [0.3, 0.4) is 0 Å². The SMILES string of the molecule is Cc1cc(C(c2ccc(B(O)O)cc2)c2cc(Br)c(O)cc2O)c(O)cc1O. The zero-order valence-corrected chi connectivity index (χ0v) is 16.4. The molecule has 3 aromatic rings. The summed E-state index contributed by atoms with van der Waals surface area (Å²) in [5.74, 6) is -1.19. The topological polar surface area (TPSA) is 121 Å². The highest BCUT2D eigenvalue weighted by atomic mass is 79.9. The van der Waals surface area contributed by atoms with E-state index >= 15 is 0 Å². The van der Waals surface area contributed by atoms with E-state index in [1.54, 1.807) is 31.2 Å². The van der Waals surface area contributed by atoms with Crippen LogP contribution in [0.15, 0.2) is 53.0 Å². The molecule has 0 aromatic heterocycles. The summed E-state index contributed by atoms with van der Waals surface area (Å²) in [6, 6.07) is 12.0. The van der Waals surface area contributed by atoms with Gasteiger partial charge in [0, 0.05) is 29.2 Å². The first kappa shape index (κ1) is 20.1. The van der Waals surface area contributed by atoms with Gasteiger partial charge in [-0.3, -0.25) is 0 Å². The van der Waals surface area contributed by atoms with Crippen LogP contribution in [0.2, 0.25) is 0 Å². The number of phenols is 4. The van der Waals surface area contributed by atoms with Crippen molar-refractivity contribution in [2.24, 2.45) is 0 Å². The number of phenolic OH excluding ortho intramolecular Hbond substituents is 4. The molecule has 0 aliphatic heterocycles. The predicted octanol–water partition coefficient (Wildman–Crippen LogP) is 2.44. The monoisotopic (exact) mass is 444 g/mol. The summed E-state index contributed by atoms with van der Waals surface area (Å²) >= 11 is 3.24. The van der Waals surface area contributed by atoms with Gasteiger partial charge in [-0.1, -0.05) is 24.3 Å². The fourth-order valence-corrected chi connectivity index (χ4v) is 3.48. The van der Waals surface area contributed by atoms with Crippen molar-refractivity contribution >= 4 is 28.5 Å². The summed E-state index contributed by atoms with van der Waals surface area (Å²) in [5.41, 5.74) is 2.32. The molecular formula is C20H18BBrO6. The summed E-state index contributed by atoms with van der Waals surface area (Å²) in [6.45, 7) is 1.69. The maximum Gasteiger partial charge on any atom is 0.488 e. The van der Waals surface area contributed by atoms with Crippen molar-refractivity contribution in [2.75, 3.05) is 0 Å². The third-order valence-corrected chi connectivity index (χ3v) is 5.27. The van der Waals surface area contributed by atoms with E-state index in [-0.39, 0.29) is 23.0 Å². The maximum absolute atomic E-state index is 10.5. The van der Waals surface area contributed by atoms with Gasteiger partial charge in [-0.15, -0.1) is 0 Å². The summed E-state index contributed by atoms with van der Waals surface area (Å²) < 4.78 is 0.364. The van der Waals surface area contributed by atoms with Crippen molar-refractivity contribution in [2.45, 2.75) is 12.8 Å². The molecule has 0 aliphatic carbocycles. The molecule has 0 saturated heterocycles. The molecule has 0 spiro atoms. The van der Waals surface area contributed by atoms with Crippen LogP contribution < -0.4 is 5.46 Å². The number of hydrogen-bond acceptors (Lipinski definition) is 6. The molecule has 0 aliphatic rings. The van der Waals surface area contributed by atoms with E-state index in [4.69, 9.17) is 0 Å². The summed E-state index contributed by atoms with van der Waals surface area (Å²) in [5, 5.41) is 59.3. The number of rotatable bonds is 4. The standard InChI is InChI=1S/C20H18BBrO6/c1-10-6-13(17(24)8-16(10)23)20(11-2-4-12(5-3-11)21(27)28)14-7-15(22)19(26)9-18(14)25/h2-9,20,23-28H,1H3. The Hall–Kier alpha value is -2.68. The van der Waals surface area contributed by atoms with Crippen LogP contribution in [-0.4, -0.2) is 37.6 Å². The second kappa shape index (κ2) is 7.75. The summed E-state index contributed by atoms with van der Waals surface area (Å²) in [6.07, 6.45) is 0. The third-order valence-electron chi connectivity index (χ3n) is 4.63. The van der Waals surface area contributed by atoms with Crippen molar-refractivity contribution < 1.29 is 30.5 Å². The number of aryl methyl sites for hydroxylation is 1. The highest BCUT2D eigenvalue weighted by Crippen LogP contribution is 2.44. The van der Waals surface area contributed by atoms with E-state index in [2.05, 4.69) is 15.9 Å². The second-order valence-corrected chi connectivity index (χ2v) is 7.39. The Labute approximate surface area is 170 Å². The highest BCUT2D eigenvalue weighted by molar-refractivity contribution is 9.10. The van der Waals surface area contributed by atoms with Crippen LogP contribution in [0.1, 0.15) is 28.2 Å². The van der Waals surface area contributed by atoms with Gasteiger partial charge in [0.2, 0.25) is 0 Å². The van der Waals surface area contributed by atoms with Crippen molar-refractivity contribution in [1.82, 2.24) is 0 Å². The average molecular weight is 445 g/mol. The predicted molar refractivity (Wildman–Crippen MR) is 109 cm³/mol. The van der Waals surface area contributed by atoms with Gasteiger partial charge < -0.3 is 30.5 Å². The minimum absolute atomic E-state index is 0.0603. The Morgan fingerprint density at radius 3 is 1.86 bits per heavy atom. The van der Waals surface area contributed by atoms with Gasteiger partial charge in [0.15, 0.2) is 0 Å². The van der Waals surface area contributed by atoms with Crippen LogP contribution in [0.25, 0.3) is 0 Å². The van der Waals surface area contributed by atoms with Crippen molar-refractivity contribution in [1.29, 1.82) is 0 Å². The maximum atomic E-state index is 10.5. The van der Waals surface area contributed by atoms with Gasteiger partial charge >= 0.3 is 7.12 Å². The van der Waals surface area contributed by atoms with E-state index in [9.17, 15) is 30.5 Å². The molecule has 28 heavy (non-hydrogen) atoms. The molecule has 0 bridgehead atoms. The van der Waals surface area contributed by atoms with Gasteiger partial charge in [0.05, 0.1) is 4.47 Å². The van der Waals surface area contributed by atoms with E-state index < -0.39 is 13.0 Å². The second-order valence-electron chi connectivity index (χ2n) is 6.53. The number of hydrogen-bond donors (Lipinski definition) is 6.